The summed E-state index contributed by atoms with van der Waals surface area (Å²) in [5.74, 6) is 0.153. The van der Waals surface area contributed by atoms with Gasteiger partial charge in [-0.15, -0.1) is 0 Å². The molecule has 0 bridgehead atoms. The van der Waals surface area contributed by atoms with Crippen molar-refractivity contribution in [2.75, 3.05) is 13.1 Å². The predicted molar refractivity (Wildman–Crippen MR) is 61.9 cm³/mol. The van der Waals surface area contributed by atoms with E-state index in [0.717, 1.165) is 0 Å². The van der Waals surface area contributed by atoms with Crippen molar-refractivity contribution >= 4 is 10.0 Å². The second-order valence-corrected chi connectivity index (χ2v) is 6.47. The van der Waals surface area contributed by atoms with E-state index in [-0.39, 0.29) is 12.0 Å². The van der Waals surface area contributed by atoms with Gasteiger partial charge in [0.2, 0.25) is 10.0 Å². The molecule has 6 heteroatoms. The van der Waals surface area contributed by atoms with Crippen LogP contribution >= 0.6 is 0 Å². The molecule has 1 aliphatic rings. The first kappa shape index (κ1) is 13.4. The fourth-order valence-corrected chi connectivity index (χ4v) is 3.62. The van der Waals surface area contributed by atoms with Gasteiger partial charge in [-0.05, 0) is 18.8 Å². The Labute approximate surface area is 97.3 Å². The van der Waals surface area contributed by atoms with Gasteiger partial charge in [0.05, 0.1) is 6.07 Å². The molecule has 3 atom stereocenters. The lowest BCUT2D eigenvalue weighted by atomic mass is 9.96. The van der Waals surface area contributed by atoms with Crippen molar-refractivity contribution in [3.05, 3.63) is 0 Å². The van der Waals surface area contributed by atoms with Crippen LogP contribution in [0.2, 0.25) is 0 Å². The number of hydrogen-bond donors (Lipinski definition) is 1. The number of nitriles is 1. The predicted octanol–water partition coefficient (Wildman–Crippen LogP) is 0.287. The number of sulfonamides is 1. The first-order valence-corrected chi connectivity index (χ1v) is 7.08. The molecule has 0 aliphatic carbocycles. The highest BCUT2D eigenvalue weighted by molar-refractivity contribution is 7.90. The van der Waals surface area contributed by atoms with Gasteiger partial charge in [-0.1, -0.05) is 13.8 Å². The van der Waals surface area contributed by atoms with Crippen LogP contribution in [-0.4, -0.2) is 37.1 Å². The zero-order valence-corrected chi connectivity index (χ0v) is 10.6. The van der Waals surface area contributed by atoms with Gasteiger partial charge in [-0.2, -0.15) is 5.26 Å². The van der Waals surface area contributed by atoms with E-state index in [0.29, 0.717) is 25.9 Å². The summed E-state index contributed by atoms with van der Waals surface area (Å²) in [5, 5.41) is 7.91. The van der Waals surface area contributed by atoms with Crippen LogP contribution in [0.4, 0.5) is 0 Å². The minimum atomic E-state index is -3.46. The average molecular weight is 245 g/mol. The maximum atomic E-state index is 12.1. The summed E-state index contributed by atoms with van der Waals surface area (Å²) in [6.07, 6.45) is 0.998. The monoisotopic (exact) mass is 245 g/mol. The molecule has 5 nitrogen and oxygen atoms in total. The summed E-state index contributed by atoms with van der Waals surface area (Å²) in [7, 11) is -3.46. The summed E-state index contributed by atoms with van der Waals surface area (Å²) in [6.45, 7) is 4.53. The molecule has 1 heterocycles. The minimum Gasteiger partial charge on any atom is -0.327 e. The second kappa shape index (κ2) is 5.13. The number of nitrogens with zero attached hydrogens (tertiary/aromatic N) is 2. The van der Waals surface area contributed by atoms with Crippen LogP contribution in [0.3, 0.4) is 0 Å². The molecule has 16 heavy (non-hydrogen) atoms. The van der Waals surface area contributed by atoms with E-state index >= 15 is 0 Å². The van der Waals surface area contributed by atoms with Crippen molar-refractivity contribution < 1.29 is 8.42 Å². The van der Waals surface area contributed by atoms with Gasteiger partial charge in [-0.25, -0.2) is 12.7 Å². The van der Waals surface area contributed by atoms with Gasteiger partial charge in [0.25, 0.3) is 0 Å². The highest BCUT2D eigenvalue weighted by atomic mass is 32.2. The third-order valence-electron chi connectivity index (χ3n) is 3.17. The Morgan fingerprint density at radius 3 is 2.69 bits per heavy atom. The number of piperidine rings is 1. The van der Waals surface area contributed by atoms with Gasteiger partial charge in [-0.3, -0.25) is 0 Å². The van der Waals surface area contributed by atoms with Crippen LogP contribution in [0.25, 0.3) is 0 Å². The Bertz CT molecular complexity index is 374. The lowest BCUT2D eigenvalue weighted by molar-refractivity contribution is 0.249. The molecule has 92 valence electrons. The molecule has 0 aromatic rings. The zero-order chi connectivity index (χ0) is 12.3. The lowest BCUT2D eigenvalue weighted by Crippen LogP contribution is -2.50. The highest BCUT2D eigenvalue weighted by Gasteiger charge is 2.35. The normalized spacial score (nSPS) is 29.6. The lowest BCUT2D eigenvalue weighted by Gasteiger charge is -2.35. The quantitative estimate of drug-likeness (QED) is 0.774. The molecule has 1 saturated heterocycles. The second-order valence-electron chi connectivity index (χ2n) is 4.36. The van der Waals surface area contributed by atoms with Crippen LogP contribution in [0.1, 0.15) is 26.7 Å². The van der Waals surface area contributed by atoms with Gasteiger partial charge >= 0.3 is 0 Å². The molecular formula is C10H19N3O2S. The Kier molecular flexibility index (Phi) is 4.30. The Balaban J connectivity index is 2.82. The van der Waals surface area contributed by atoms with Gasteiger partial charge in [0.15, 0.2) is 5.25 Å². The van der Waals surface area contributed by atoms with E-state index in [9.17, 15) is 8.42 Å². The Morgan fingerprint density at radius 2 is 2.25 bits per heavy atom. The molecule has 1 fully saturated rings. The first-order valence-electron chi connectivity index (χ1n) is 5.57. The van der Waals surface area contributed by atoms with Crippen molar-refractivity contribution in [1.82, 2.24) is 4.31 Å². The number of nitrogens with two attached hydrogens (primary N) is 1. The Hall–Kier alpha value is -0.640. The maximum Gasteiger partial charge on any atom is 0.230 e. The summed E-state index contributed by atoms with van der Waals surface area (Å²) in [4.78, 5) is 0. The van der Waals surface area contributed by atoms with Gasteiger partial charge in [0, 0.05) is 19.1 Å². The molecule has 0 aromatic carbocycles. The summed E-state index contributed by atoms with van der Waals surface area (Å²) >= 11 is 0. The molecule has 1 rings (SSSR count). The molecule has 0 aromatic heterocycles. The largest absolute Gasteiger partial charge is 0.327 e. The van der Waals surface area contributed by atoms with E-state index in [1.165, 1.54) is 4.31 Å². The van der Waals surface area contributed by atoms with Crippen LogP contribution in [0.5, 0.6) is 0 Å². The fourth-order valence-electron chi connectivity index (χ4n) is 1.91. The molecule has 0 spiro atoms. The van der Waals surface area contributed by atoms with Gasteiger partial charge in [0.1, 0.15) is 0 Å². The standard InChI is InChI=1S/C10H19N3O2S/c1-3-9(6-11)16(14,15)13-5-4-10(12)8(2)7-13/h8-10H,3-5,7,12H2,1-2H3. The maximum absolute atomic E-state index is 12.1. The van der Waals surface area contributed by atoms with Crippen molar-refractivity contribution in [2.24, 2.45) is 11.7 Å². The fraction of sp³-hybridized carbons (Fsp3) is 0.900. The Morgan fingerprint density at radius 1 is 1.62 bits per heavy atom. The van der Waals surface area contributed by atoms with Crippen molar-refractivity contribution in [3.8, 4) is 6.07 Å². The smallest absolute Gasteiger partial charge is 0.230 e. The highest BCUT2D eigenvalue weighted by Crippen LogP contribution is 2.21. The molecule has 0 amide bonds. The molecule has 3 unspecified atom stereocenters. The van der Waals surface area contributed by atoms with E-state index < -0.39 is 15.3 Å². The third-order valence-corrected chi connectivity index (χ3v) is 5.38. The van der Waals surface area contributed by atoms with Crippen LogP contribution in [-0.2, 0) is 10.0 Å². The van der Waals surface area contributed by atoms with Crippen molar-refractivity contribution in [3.63, 3.8) is 0 Å². The topological polar surface area (TPSA) is 87.2 Å². The molecular weight excluding hydrogens is 226 g/mol. The van der Waals surface area contributed by atoms with E-state index in [2.05, 4.69) is 0 Å². The van der Waals surface area contributed by atoms with E-state index in [1.807, 2.05) is 13.0 Å². The van der Waals surface area contributed by atoms with Crippen LogP contribution in [0.15, 0.2) is 0 Å². The summed E-state index contributed by atoms with van der Waals surface area (Å²) < 4.78 is 25.5. The van der Waals surface area contributed by atoms with Crippen molar-refractivity contribution in [1.29, 1.82) is 5.26 Å². The van der Waals surface area contributed by atoms with E-state index in [1.54, 1.807) is 6.92 Å². The van der Waals surface area contributed by atoms with Crippen LogP contribution in [0, 0.1) is 17.2 Å². The molecule has 1 aliphatic heterocycles. The van der Waals surface area contributed by atoms with E-state index in [4.69, 9.17) is 11.0 Å². The van der Waals surface area contributed by atoms with Crippen molar-refractivity contribution in [2.45, 2.75) is 38.0 Å². The number of hydrogen-bond acceptors (Lipinski definition) is 4. The molecule has 2 N–H and O–H groups in total. The first-order chi connectivity index (χ1) is 7.43. The molecule has 0 radical (unpaired) electrons. The van der Waals surface area contributed by atoms with Gasteiger partial charge < -0.3 is 5.73 Å². The summed E-state index contributed by atoms with van der Waals surface area (Å²) in [5.41, 5.74) is 5.84. The number of rotatable bonds is 3. The minimum absolute atomic E-state index is 0.0635. The third kappa shape index (κ3) is 2.54. The van der Waals surface area contributed by atoms with Crippen LogP contribution < -0.4 is 5.73 Å². The molecule has 0 saturated carbocycles. The summed E-state index contributed by atoms with van der Waals surface area (Å²) in [6, 6.07) is 1.92. The average Bonchev–Trinajstić information content (AvgIpc) is 2.23. The SMILES string of the molecule is CCC(C#N)S(=O)(=O)N1CCC(N)C(C)C1. The zero-order valence-electron chi connectivity index (χ0n) is 9.76.